The molecule has 0 radical (unpaired) electrons. The van der Waals surface area contributed by atoms with Crippen LogP contribution in [0.4, 0.5) is 13.2 Å². The normalized spacial score (nSPS) is 13.0. The first-order valence-electron chi connectivity index (χ1n) is 3.82. The fraction of sp³-hybridized carbons (Fsp3) is 0.600. The van der Waals surface area contributed by atoms with E-state index in [0.717, 1.165) is 11.0 Å². The molecule has 0 unspecified atom stereocenters. The van der Waals surface area contributed by atoms with Crippen LogP contribution in [0.15, 0.2) is 6.20 Å². The fourth-order valence-corrected chi connectivity index (χ4v) is 1.23. The Bertz CT molecular complexity index is 454. The van der Waals surface area contributed by atoms with Gasteiger partial charge < -0.3 is 5.11 Å². The van der Waals surface area contributed by atoms with Crippen molar-refractivity contribution in [3.8, 4) is 0 Å². The van der Waals surface area contributed by atoms with E-state index in [1.807, 2.05) is 0 Å². The zero-order valence-corrected chi connectivity index (χ0v) is 8.46. The quantitative estimate of drug-likeness (QED) is 0.736. The Balaban J connectivity index is 2.65. The van der Waals surface area contributed by atoms with Crippen molar-refractivity contribution in [2.24, 2.45) is 0 Å². The highest BCUT2D eigenvalue weighted by Gasteiger charge is 2.45. The van der Waals surface area contributed by atoms with Crippen LogP contribution in [-0.2, 0) is 23.3 Å². The van der Waals surface area contributed by atoms with Gasteiger partial charge in [-0.15, -0.1) is 0 Å². The number of aliphatic hydroxyl groups excluding tert-OH is 1. The third-order valence-electron chi connectivity index (χ3n) is 1.46. The zero-order valence-electron chi connectivity index (χ0n) is 7.64. The molecule has 1 rings (SSSR count). The Morgan fingerprint density at radius 1 is 1.50 bits per heavy atom. The van der Waals surface area contributed by atoms with Crippen molar-refractivity contribution in [2.75, 3.05) is 0 Å². The van der Waals surface area contributed by atoms with Crippen molar-refractivity contribution in [3.63, 3.8) is 0 Å². The molecule has 0 aliphatic rings. The second-order valence-corrected chi connectivity index (χ2v) is 4.38. The predicted octanol–water partition coefficient (Wildman–Crippen LogP) is -0.833. The summed E-state index contributed by atoms with van der Waals surface area (Å²) in [5, 5.41) is 15.4. The van der Waals surface area contributed by atoms with Crippen LogP contribution in [0.25, 0.3) is 0 Å². The smallest absolute Gasteiger partial charge is 0.373 e. The monoisotopic (exact) mass is 260 g/mol. The summed E-state index contributed by atoms with van der Waals surface area (Å²) in [5.74, 6) is 0. The first kappa shape index (κ1) is 12.9. The molecule has 1 heterocycles. The number of halogens is 3. The predicted molar refractivity (Wildman–Crippen MR) is 44.1 cm³/mol. The molecule has 0 atom stereocenters. The molecule has 0 aliphatic carbocycles. The van der Waals surface area contributed by atoms with Crippen LogP contribution in [0.1, 0.15) is 5.69 Å². The van der Waals surface area contributed by atoms with E-state index in [-0.39, 0.29) is 5.69 Å². The van der Waals surface area contributed by atoms with Gasteiger partial charge in [-0.1, -0.05) is 0 Å². The second kappa shape index (κ2) is 4.35. The van der Waals surface area contributed by atoms with Crippen LogP contribution in [-0.4, -0.2) is 34.0 Å². The Labute approximate surface area is 87.9 Å². The van der Waals surface area contributed by atoms with E-state index >= 15 is 0 Å². The van der Waals surface area contributed by atoms with Crippen molar-refractivity contribution in [2.45, 2.75) is 18.8 Å². The van der Waals surface area contributed by atoms with E-state index in [2.05, 4.69) is 10.2 Å². The van der Waals surface area contributed by atoms with Crippen molar-refractivity contribution in [3.05, 3.63) is 11.9 Å². The molecule has 1 aromatic heterocycles. The highest BCUT2D eigenvalue weighted by atomic mass is 32.2. The molecule has 0 saturated carbocycles. The number of hydrogen-bond donors (Lipinski definition) is 2. The van der Waals surface area contributed by atoms with Crippen molar-refractivity contribution in [1.82, 2.24) is 19.7 Å². The molecule has 0 saturated heterocycles. The number of aliphatic hydroxyl groups is 1. The number of rotatable bonds is 4. The first-order valence-corrected chi connectivity index (χ1v) is 5.30. The summed E-state index contributed by atoms with van der Waals surface area (Å²) in [6.07, 6.45) is 1.04. The highest BCUT2D eigenvalue weighted by molar-refractivity contribution is 7.90. The summed E-state index contributed by atoms with van der Waals surface area (Å²) >= 11 is 0. The zero-order chi connectivity index (χ0) is 12.4. The van der Waals surface area contributed by atoms with Crippen LogP contribution in [0.3, 0.4) is 0 Å². The van der Waals surface area contributed by atoms with E-state index in [1.54, 1.807) is 0 Å². The molecule has 11 heteroatoms. The molecule has 16 heavy (non-hydrogen) atoms. The second-order valence-electron chi connectivity index (χ2n) is 2.62. The van der Waals surface area contributed by atoms with Gasteiger partial charge in [-0.3, -0.25) is 0 Å². The van der Waals surface area contributed by atoms with Gasteiger partial charge in [0.05, 0.1) is 18.4 Å². The van der Waals surface area contributed by atoms with Gasteiger partial charge in [0.25, 0.3) is 0 Å². The summed E-state index contributed by atoms with van der Waals surface area (Å²) in [6.45, 7) is -1.20. The number of hydrogen-bond acceptors (Lipinski definition) is 5. The van der Waals surface area contributed by atoms with Crippen LogP contribution in [0.5, 0.6) is 0 Å². The lowest BCUT2D eigenvalue weighted by Gasteiger charge is -2.07. The molecular formula is C5H7F3N4O3S. The summed E-state index contributed by atoms with van der Waals surface area (Å²) in [5.41, 5.74) is -5.40. The third kappa shape index (κ3) is 2.90. The highest BCUT2D eigenvalue weighted by Crippen LogP contribution is 2.21. The lowest BCUT2D eigenvalue weighted by Crippen LogP contribution is -2.36. The van der Waals surface area contributed by atoms with Crippen LogP contribution in [0, 0.1) is 0 Å². The first-order chi connectivity index (χ1) is 7.26. The molecule has 0 aromatic carbocycles. The number of sulfonamides is 1. The topological polar surface area (TPSA) is 97.1 Å². The number of alkyl halides is 3. The standard InChI is InChI=1S/C5H7F3N4O3S/c6-5(7,8)16(14,15)10-2-4-1-9-12(3-13)11-4/h1,10,13H,2-3H2. The minimum Gasteiger partial charge on any atom is -0.373 e. The van der Waals surface area contributed by atoms with Crippen LogP contribution >= 0.6 is 0 Å². The average Bonchev–Trinajstić information content (AvgIpc) is 2.60. The molecule has 0 aliphatic heterocycles. The number of nitrogens with one attached hydrogen (secondary N) is 1. The Morgan fingerprint density at radius 3 is 2.56 bits per heavy atom. The number of nitrogens with zero attached hydrogens (tertiary/aromatic N) is 3. The van der Waals surface area contributed by atoms with E-state index in [9.17, 15) is 21.6 Å². The molecule has 2 N–H and O–H groups in total. The average molecular weight is 260 g/mol. The van der Waals surface area contributed by atoms with Gasteiger partial charge in [0.15, 0.2) is 6.73 Å². The van der Waals surface area contributed by atoms with Gasteiger partial charge >= 0.3 is 15.5 Å². The molecule has 0 fully saturated rings. The SMILES string of the molecule is O=S(=O)(NCc1cnn(CO)n1)C(F)(F)F. The van der Waals surface area contributed by atoms with Gasteiger partial charge in [-0.05, 0) is 0 Å². The fourth-order valence-electron chi connectivity index (χ4n) is 0.733. The lowest BCUT2D eigenvalue weighted by molar-refractivity contribution is -0.0448. The Kier molecular flexibility index (Phi) is 3.50. The molecule has 0 bridgehead atoms. The van der Waals surface area contributed by atoms with E-state index < -0.39 is 28.8 Å². The molecule has 7 nitrogen and oxygen atoms in total. The van der Waals surface area contributed by atoms with Crippen LogP contribution in [0.2, 0.25) is 0 Å². The maximum atomic E-state index is 11.9. The van der Waals surface area contributed by atoms with E-state index in [4.69, 9.17) is 5.11 Å². The molecule has 1 aromatic rings. The molecule has 0 spiro atoms. The molecule has 92 valence electrons. The Morgan fingerprint density at radius 2 is 2.12 bits per heavy atom. The van der Waals surface area contributed by atoms with Crippen LogP contribution < -0.4 is 4.72 Å². The minimum atomic E-state index is -5.38. The lowest BCUT2D eigenvalue weighted by atomic mass is 10.5. The van der Waals surface area contributed by atoms with Crippen molar-refractivity contribution >= 4 is 10.0 Å². The van der Waals surface area contributed by atoms with Gasteiger partial charge in [-0.2, -0.15) is 28.2 Å². The molecular weight excluding hydrogens is 253 g/mol. The third-order valence-corrected chi connectivity index (χ3v) is 2.59. The van der Waals surface area contributed by atoms with Gasteiger partial charge in [0.2, 0.25) is 0 Å². The summed E-state index contributed by atoms with van der Waals surface area (Å²) in [4.78, 5) is 0.789. The summed E-state index contributed by atoms with van der Waals surface area (Å²) in [6, 6.07) is 0. The molecule has 0 amide bonds. The van der Waals surface area contributed by atoms with E-state index in [0.29, 0.717) is 0 Å². The maximum absolute atomic E-state index is 11.9. The maximum Gasteiger partial charge on any atom is 0.511 e. The van der Waals surface area contributed by atoms with E-state index in [1.165, 1.54) is 4.72 Å². The summed E-state index contributed by atoms with van der Waals surface area (Å²) < 4.78 is 58.1. The Hall–Kier alpha value is -1.20. The van der Waals surface area contributed by atoms with Gasteiger partial charge in [0, 0.05) is 0 Å². The van der Waals surface area contributed by atoms with Crippen molar-refractivity contribution < 1.29 is 26.7 Å². The largest absolute Gasteiger partial charge is 0.511 e. The van der Waals surface area contributed by atoms with Gasteiger partial charge in [-0.25, -0.2) is 13.1 Å². The summed E-state index contributed by atoms with van der Waals surface area (Å²) in [7, 11) is -5.38. The van der Waals surface area contributed by atoms with Crippen molar-refractivity contribution in [1.29, 1.82) is 0 Å². The number of aromatic nitrogens is 3. The van der Waals surface area contributed by atoms with Gasteiger partial charge in [0.1, 0.15) is 0 Å². The minimum absolute atomic E-state index is 0.0399.